The van der Waals surface area contributed by atoms with E-state index in [1.165, 1.54) is 0 Å². The summed E-state index contributed by atoms with van der Waals surface area (Å²) in [6.07, 6.45) is 5.56. The highest BCUT2D eigenvalue weighted by Gasteiger charge is 2.18. The fraction of sp³-hybridized carbons (Fsp3) is 0.318. The molecule has 154 valence electrons. The number of nitrogens with zero attached hydrogens (tertiary/aromatic N) is 6. The van der Waals surface area contributed by atoms with Gasteiger partial charge in [0.15, 0.2) is 0 Å². The highest BCUT2D eigenvalue weighted by atomic mass is 16.5. The summed E-state index contributed by atoms with van der Waals surface area (Å²) in [6, 6.07) is 7.63. The van der Waals surface area contributed by atoms with Crippen molar-refractivity contribution >= 4 is 16.8 Å². The molecule has 4 aromatic rings. The van der Waals surface area contributed by atoms with Gasteiger partial charge in [-0.25, -0.2) is 0 Å². The molecule has 0 saturated carbocycles. The van der Waals surface area contributed by atoms with E-state index in [1.54, 1.807) is 32.1 Å². The average Bonchev–Trinajstić information content (AvgIpc) is 3.34. The minimum absolute atomic E-state index is 0.0172. The first-order valence-corrected chi connectivity index (χ1v) is 9.96. The SMILES string of the molecule is CCCCn1c(C(=O)N(C)C)cc2cc(-c3cc(-c4noc(C)n4)ccn3)ncc21. The number of aryl methyl sites for hydroxylation is 2. The normalized spacial score (nSPS) is 11.2. The molecular weight excluding hydrogens is 380 g/mol. The number of aromatic nitrogens is 5. The molecule has 1 amide bonds. The first-order chi connectivity index (χ1) is 14.5. The second-order valence-corrected chi connectivity index (χ2v) is 7.43. The highest BCUT2D eigenvalue weighted by Crippen LogP contribution is 2.27. The summed E-state index contributed by atoms with van der Waals surface area (Å²) < 4.78 is 7.14. The Balaban J connectivity index is 1.77. The molecule has 0 aliphatic heterocycles. The van der Waals surface area contributed by atoms with E-state index in [1.807, 2.05) is 30.5 Å². The molecule has 0 aliphatic rings. The van der Waals surface area contributed by atoms with Gasteiger partial charge in [-0.15, -0.1) is 0 Å². The second-order valence-electron chi connectivity index (χ2n) is 7.43. The van der Waals surface area contributed by atoms with Crippen LogP contribution in [0.5, 0.6) is 0 Å². The van der Waals surface area contributed by atoms with Crippen LogP contribution in [0.15, 0.2) is 41.2 Å². The van der Waals surface area contributed by atoms with Crippen LogP contribution >= 0.6 is 0 Å². The number of hydrogen-bond acceptors (Lipinski definition) is 6. The van der Waals surface area contributed by atoms with Crippen molar-refractivity contribution < 1.29 is 9.32 Å². The van der Waals surface area contributed by atoms with Gasteiger partial charge in [0.1, 0.15) is 5.69 Å². The van der Waals surface area contributed by atoms with E-state index in [4.69, 9.17) is 4.52 Å². The van der Waals surface area contributed by atoms with Crippen molar-refractivity contribution in [2.45, 2.75) is 33.2 Å². The summed E-state index contributed by atoms with van der Waals surface area (Å²) in [7, 11) is 3.53. The molecule has 0 atom stereocenters. The summed E-state index contributed by atoms with van der Waals surface area (Å²) in [5.41, 5.74) is 3.86. The first-order valence-electron chi connectivity index (χ1n) is 9.96. The lowest BCUT2D eigenvalue weighted by Crippen LogP contribution is -2.24. The number of hydrogen-bond donors (Lipinski definition) is 0. The number of carbonyl (C=O) groups excluding carboxylic acids is 1. The fourth-order valence-electron chi connectivity index (χ4n) is 3.39. The zero-order chi connectivity index (χ0) is 21.3. The van der Waals surface area contributed by atoms with Crippen LogP contribution in [0.1, 0.15) is 36.1 Å². The quantitative estimate of drug-likeness (QED) is 0.483. The van der Waals surface area contributed by atoms with Gasteiger partial charge in [0.05, 0.1) is 23.1 Å². The number of unbranched alkanes of at least 4 members (excludes halogenated alkanes) is 1. The van der Waals surface area contributed by atoms with Crippen LogP contribution < -0.4 is 0 Å². The first kappa shape index (κ1) is 19.8. The van der Waals surface area contributed by atoms with Crippen molar-refractivity contribution in [3.63, 3.8) is 0 Å². The van der Waals surface area contributed by atoms with Crippen molar-refractivity contribution in [3.8, 4) is 22.8 Å². The maximum atomic E-state index is 12.7. The van der Waals surface area contributed by atoms with Gasteiger partial charge in [-0.1, -0.05) is 18.5 Å². The predicted molar refractivity (Wildman–Crippen MR) is 114 cm³/mol. The van der Waals surface area contributed by atoms with E-state index >= 15 is 0 Å². The van der Waals surface area contributed by atoms with Crippen molar-refractivity contribution in [1.82, 2.24) is 29.6 Å². The Labute approximate surface area is 174 Å². The molecule has 0 N–H and O–H groups in total. The highest BCUT2D eigenvalue weighted by molar-refractivity contribution is 5.99. The molecular formula is C22H24N6O2. The molecule has 0 unspecified atom stereocenters. The van der Waals surface area contributed by atoms with Gasteiger partial charge >= 0.3 is 0 Å². The summed E-state index contributed by atoms with van der Waals surface area (Å²) in [4.78, 5) is 27.7. The predicted octanol–water partition coefficient (Wildman–Crippen LogP) is 3.96. The van der Waals surface area contributed by atoms with Crippen molar-refractivity contribution in [2.24, 2.45) is 0 Å². The molecule has 0 bridgehead atoms. The minimum atomic E-state index is -0.0172. The monoisotopic (exact) mass is 404 g/mol. The lowest BCUT2D eigenvalue weighted by atomic mass is 10.1. The lowest BCUT2D eigenvalue weighted by Gasteiger charge is -2.13. The zero-order valence-corrected chi connectivity index (χ0v) is 17.6. The molecule has 0 spiro atoms. The number of amides is 1. The number of carbonyl (C=O) groups is 1. The van der Waals surface area contributed by atoms with Crippen molar-refractivity contribution in [2.75, 3.05) is 14.1 Å². The van der Waals surface area contributed by atoms with Crippen LogP contribution in [-0.2, 0) is 6.54 Å². The van der Waals surface area contributed by atoms with Crippen molar-refractivity contribution in [1.29, 1.82) is 0 Å². The zero-order valence-electron chi connectivity index (χ0n) is 17.6. The molecule has 0 aromatic carbocycles. The summed E-state index contributed by atoms with van der Waals surface area (Å²) in [5.74, 6) is 1.01. The smallest absolute Gasteiger partial charge is 0.269 e. The van der Waals surface area contributed by atoms with Gasteiger partial charge in [-0.2, -0.15) is 4.98 Å². The third-order valence-corrected chi connectivity index (χ3v) is 4.96. The van der Waals surface area contributed by atoms with E-state index in [9.17, 15) is 4.79 Å². The van der Waals surface area contributed by atoms with Crippen LogP contribution in [-0.4, -0.2) is 49.6 Å². The number of pyridine rings is 2. The standard InChI is InChI=1S/C22H24N6O2/c1-5-6-9-28-19(22(29)27(3)4)12-16-11-18(24-13-20(16)28)17-10-15(7-8-23-17)21-25-14(2)30-26-21/h7-8,10-13H,5-6,9H2,1-4H3. The van der Waals surface area contributed by atoms with E-state index in [0.29, 0.717) is 23.1 Å². The van der Waals surface area contributed by atoms with Gasteiger partial charge < -0.3 is 14.0 Å². The Morgan fingerprint density at radius 2 is 1.97 bits per heavy atom. The van der Waals surface area contributed by atoms with Gasteiger partial charge in [0, 0.05) is 44.7 Å². The van der Waals surface area contributed by atoms with E-state index in [-0.39, 0.29) is 5.91 Å². The van der Waals surface area contributed by atoms with Gasteiger partial charge in [0.2, 0.25) is 11.7 Å². The third kappa shape index (κ3) is 3.68. The molecule has 4 aromatic heterocycles. The van der Waals surface area contributed by atoms with E-state index < -0.39 is 0 Å². The third-order valence-electron chi connectivity index (χ3n) is 4.96. The Morgan fingerprint density at radius 3 is 2.67 bits per heavy atom. The summed E-state index contributed by atoms with van der Waals surface area (Å²) in [6.45, 7) is 4.67. The molecule has 0 fully saturated rings. The molecule has 30 heavy (non-hydrogen) atoms. The van der Waals surface area contributed by atoms with Crippen LogP contribution in [0.4, 0.5) is 0 Å². The van der Waals surface area contributed by atoms with Crippen LogP contribution in [0.3, 0.4) is 0 Å². The summed E-state index contributed by atoms with van der Waals surface area (Å²) in [5, 5.41) is 4.93. The Hall–Kier alpha value is -3.55. The van der Waals surface area contributed by atoms with E-state index in [2.05, 4.69) is 31.6 Å². The van der Waals surface area contributed by atoms with E-state index in [0.717, 1.165) is 41.5 Å². The molecule has 8 nitrogen and oxygen atoms in total. The van der Waals surface area contributed by atoms with Crippen LogP contribution in [0, 0.1) is 6.92 Å². The second kappa shape index (κ2) is 8.06. The maximum Gasteiger partial charge on any atom is 0.269 e. The minimum Gasteiger partial charge on any atom is -0.343 e. The number of fused-ring (bicyclic) bond motifs is 1. The lowest BCUT2D eigenvalue weighted by molar-refractivity contribution is 0.0817. The largest absolute Gasteiger partial charge is 0.343 e. The van der Waals surface area contributed by atoms with Crippen molar-refractivity contribution in [3.05, 3.63) is 48.2 Å². The molecule has 0 radical (unpaired) electrons. The molecule has 0 saturated heterocycles. The fourth-order valence-corrected chi connectivity index (χ4v) is 3.39. The number of rotatable bonds is 6. The molecule has 4 rings (SSSR count). The Morgan fingerprint density at radius 1 is 1.17 bits per heavy atom. The Kier molecular flexibility index (Phi) is 5.31. The molecule has 4 heterocycles. The van der Waals surface area contributed by atoms with Gasteiger partial charge in [0.25, 0.3) is 5.91 Å². The topological polar surface area (TPSA) is 89.9 Å². The van der Waals surface area contributed by atoms with Gasteiger partial charge in [-0.05, 0) is 30.7 Å². The van der Waals surface area contributed by atoms with Gasteiger partial charge in [-0.3, -0.25) is 14.8 Å². The summed E-state index contributed by atoms with van der Waals surface area (Å²) >= 11 is 0. The molecule has 8 heteroatoms. The average molecular weight is 404 g/mol. The Bertz CT molecular complexity index is 1210. The van der Waals surface area contributed by atoms with Crippen LogP contribution in [0.2, 0.25) is 0 Å². The molecule has 0 aliphatic carbocycles. The van der Waals surface area contributed by atoms with Crippen LogP contribution in [0.25, 0.3) is 33.7 Å². The maximum absolute atomic E-state index is 12.7.